The second kappa shape index (κ2) is 6.41. The SMILES string of the molecule is COCCC(=O)C(C#N)c1ccccc1Br. The number of Topliss-reactive ketones (excluding diaryl/α,β-unsaturated/α-hetero) is 1. The Morgan fingerprint density at radius 1 is 1.56 bits per heavy atom. The van der Waals surface area contributed by atoms with Crippen LogP contribution >= 0.6 is 15.9 Å². The maximum atomic E-state index is 11.8. The topological polar surface area (TPSA) is 50.1 Å². The minimum Gasteiger partial charge on any atom is -0.384 e. The van der Waals surface area contributed by atoms with Crippen LogP contribution < -0.4 is 0 Å². The lowest BCUT2D eigenvalue weighted by atomic mass is 9.95. The van der Waals surface area contributed by atoms with Crippen LogP contribution in [0.1, 0.15) is 17.9 Å². The molecule has 84 valence electrons. The number of carbonyl (C=O) groups excluding carboxylic acids is 1. The standard InChI is InChI=1S/C12H12BrNO2/c1-16-7-6-12(15)10(8-14)9-4-2-3-5-11(9)13/h2-5,10H,6-7H2,1H3. The van der Waals surface area contributed by atoms with E-state index in [0.29, 0.717) is 12.2 Å². The van der Waals surface area contributed by atoms with Crippen LogP contribution in [0.2, 0.25) is 0 Å². The number of carbonyl (C=O) groups is 1. The van der Waals surface area contributed by atoms with Gasteiger partial charge in [-0.15, -0.1) is 0 Å². The van der Waals surface area contributed by atoms with E-state index in [2.05, 4.69) is 15.9 Å². The fourth-order valence-corrected chi connectivity index (χ4v) is 1.88. The minimum atomic E-state index is -0.717. The first-order valence-electron chi connectivity index (χ1n) is 4.86. The molecule has 4 heteroatoms. The molecular weight excluding hydrogens is 270 g/mol. The Kier molecular flexibility index (Phi) is 5.17. The largest absolute Gasteiger partial charge is 0.384 e. The first-order valence-corrected chi connectivity index (χ1v) is 5.65. The smallest absolute Gasteiger partial charge is 0.156 e. The first kappa shape index (κ1) is 12.9. The lowest BCUT2D eigenvalue weighted by Gasteiger charge is -2.09. The molecule has 0 spiro atoms. The number of nitriles is 1. The molecule has 0 N–H and O–H groups in total. The third-order valence-corrected chi connectivity index (χ3v) is 2.94. The molecule has 1 aromatic rings. The van der Waals surface area contributed by atoms with E-state index in [9.17, 15) is 4.79 Å². The van der Waals surface area contributed by atoms with Gasteiger partial charge >= 0.3 is 0 Å². The van der Waals surface area contributed by atoms with E-state index in [4.69, 9.17) is 10.00 Å². The fraction of sp³-hybridized carbons (Fsp3) is 0.333. The van der Waals surface area contributed by atoms with Crippen LogP contribution in [-0.4, -0.2) is 19.5 Å². The van der Waals surface area contributed by atoms with Gasteiger partial charge < -0.3 is 4.74 Å². The molecule has 16 heavy (non-hydrogen) atoms. The highest BCUT2D eigenvalue weighted by Crippen LogP contribution is 2.25. The summed E-state index contributed by atoms with van der Waals surface area (Å²) in [7, 11) is 1.53. The monoisotopic (exact) mass is 281 g/mol. The van der Waals surface area contributed by atoms with E-state index in [1.54, 1.807) is 6.07 Å². The molecular formula is C12H12BrNO2. The Labute approximate surface area is 103 Å². The fourth-order valence-electron chi connectivity index (χ4n) is 1.37. The van der Waals surface area contributed by atoms with Crippen LogP contribution in [0.3, 0.4) is 0 Å². The summed E-state index contributed by atoms with van der Waals surface area (Å²) in [6.45, 7) is 0.349. The molecule has 0 fully saturated rings. The predicted molar refractivity (Wildman–Crippen MR) is 64.0 cm³/mol. The number of benzene rings is 1. The third kappa shape index (κ3) is 3.16. The number of hydrogen-bond acceptors (Lipinski definition) is 3. The van der Waals surface area contributed by atoms with Gasteiger partial charge in [-0.1, -0.05) is 34.1 Å². The molecule has 1 rings (SSSR count). The molecule has 1 aromatic carbocycles. The maximum absolute atomic E-state index is 11.8. The summed E-state index contributed by atoms with van der Waals surface area (Å²) in [5.74, 6) is -0.832. The van der Waals surface area contributed by atoms with Crippen molar-refractivity contribution in [2.75, 3.05) is 13.7 Å². The van der Waals surface area contributed by atoms with Gasteiger partial charge in [-0.3, -0.25) is 4.79 Å². The van der Waals surface area contributed by atoms with Crippen LogP contribution in [0.5, 0.6) is 0 Å². The summed E-state index contributed by atoms with van der Waals surface area (Å²) in [5.41, 5.74) is 0.714. The molecule has 0 aromatic heterocycles. The summed E-state index contributed by atoms with van der Waals surface area (Å²) in [6, 6.07) is 9.30. The number of hydrogen-bond donors (Lipinski definition) is 0. The summed E-state index contributed by atoms with van der Waals surface area (Å²) in [4.78, 5) is 11.8. The highest BCUT2D eigenvalue weighted by Gasteiger charge is 2.21. The van der Waals surface area contributed by atoms with Gasteiger partial charge in [-0.05, 0) is 11.6 Å². The highest BCUT2D eigenvalue weighted by atomic mass is 79.9. The average molecular weight is 282 g/mol. The van der Waals surface area contributed by atoms with E-state index < -0.39 is 5.92 Å². The molecule has 0 aliphatic heterocycles. The van der Waals surface area contributed by atoms with Crippen molar-refractivity contribution >= 4 is 21.7 Å². The highest BCUT2D eigenvalue weighted by molar-refractivity contribution is 9.10. The molecule has 1 atom stereocenters. The molecule has 0 amide bonds. The molecule has 3 nitrogen and oxygen atoms in total. The molecule has 1 unspecified atom stereocenters. The Morgan fingerprint density at radius 2 is 2.25 bits per heavy atom. The number of halogens is 1. The van der Waals surface area contributed by atoms with Gasteiger partial charge in [0, 0.05) is 18.0 Å². The minimum absolute atomic E-state index is 0.115. The van der Waals surface area contributed by atoms with Crippen molar-refractivity contribution in [1.82, 2.24) is 0 Å². The van der Waals surface area contributed by atoms with Crippen LogP contribution in [-0.2, 0) is 9.53 Å². The van der Waals surface area contributed by atoms with E-state index in [1.807, 2.05) is 24.3 Å². The Hall–Kier alpha value is -1.18. The second-order valence-electron chi connectivity index (χ2n) is 3.29. The van der Waals surface area contributed by atoms with Crippen molar-refractivity contribution in [2.45, 2.75) is 12.3 Å². The molecule has 0 bridgehead atoms. The Bertz CT molecular complexity index is 412. The first-order chi connectivity index (χ1) is 7.70. The van der Waals surface area contributed by atoms with Gasteiger partial charge in [0.05, 0.1) is 12.7 Å². The summed E-state index contributed by atoms with van der Waals surface area (Å²) >= 11 is 3.34. The van der Waals surface area contributed by atoms with Crippen molar-refractivity contribution in [1.29, 1.82) is 5.26 Å². The second-order valence-corrected chi connectivity index (χ2v) is 4.15. The molecule has 0 aliphatic carbocycles. The maximum Gasteiger partial charge on any atom is 0.156 e. The van der Waals surface area contributed by atoms with Gasteiger partial charge in [0.25, 0.3) is 0 Å². The van der Waals surface area contributed by atoms with Crippen LogP contribution in [0, 0.1) is 11.3 Å². The van der Waals surface area contributed by atoms with Crippen LogP contribution in [0.15, 0.2) is 28.7 Å². The quantitative estimate of drug-likeness (QED) is 0.834. The number of nitrogens with zero attached hydrogens (tertiary/aromatic N) is 1. The van der Waals surface area contributed by atoms with Gasteiger partial charge in [-0.25, -0.2) is 0 Å². The lowest BCUT2D eigenvalue weighted by molar-refractivity contribution is -0.120. The summed E-state index contributed by atoms with van der Waals surface area (Å²) in [5, 5.41) is 9.04. The summed E-state index contributed by atoms with van der Waals surface area (Å²) in [6.07, 6.45) is 0.260. The van der Waals surface area contributed by atoms with Gasteiger partial charge in [0.2, 0.25) is 0 Å². The van der Waals surface area contributed by atoms with E-state index in [1.165, 1.54) is 7.11 Å². The molecule has 0 saturated heterocycles. The number of ether oxygens (including phenoxy) is 1. The number of methoxy groups -OCH3 is 1. The van der Waals surface area contributed by atoms with Crippen molar-refractivity contribution < 1.29 is 9.53 Å². The number of rotatable bonds is 5. The van der Waals surface area contributed by atoms with Crippen LogP contribution in [0.4, 0.5) is 0 Å². The predicted octanol–water partition coefficient (Wildman–Crippen LogP) is 2.66. The summed E-state index contributed by atoms with van der Waals surface area (Å²) < 4.78 is 5.62. The molecule has 0 heterocycles. The third-order valence-electron chi connectivity index (χ3n) is 2.22. The molecule has 0 saturated carbocycles. The van der Waals surface area contributed by atoms with Gasteiger partial charge in [0.15, 0.2) is 5.78 Å². The Morgan fingerprint density at radius 3 is 2.81 bits per heavy atom. The van der Waals surface area contributed by atoms with Crippen molar-refractivity contribution in [3.63, 3.8) is 0 Å². The van der Waals surface area contributed by atoms with Crippen LogP contribution in [0.25, 0.3) is 0 Å². The van der Waals surface area contributed by atoms with Gasteiger partial charge in [-0.2, -0.15) is 5.26 Å². The van der Waals surface area contributed by atoms with Gasteiger partial charge in [0.1, 0.15) is 5.92 Å². The van der Waals surface area contributed by atoms with E-state index in [0.717, 1.165) is 4.47 Å². The van der Waals surface area contributed by atoms with Crippen molar-refractivity contribution in [3.05, 3.63) is 34.3 Å². The molecule has 0 aliphatic rings. The zero-order valence-corrected chi connectivity index (χ0v) is 10.5. The van der Waals surface area contributed by atoms with Crippen molar-refractivity contribution in [2.24, 2.45) is 0 Å². The zero-order chi connectivity index (χ0) is 12.0. The average Bonchev–Trinajstić information content (AvgIpc) is 2.30. The van der Waals surface area contributed by atoms with Crippen molar-refractivity contribution in [3.8, 4) is 6.07 Å². The van der Waals surface area contributed by atoms with E-state index in [-0.39, 0.29) is 12.2 Å². The Balaban J connectivity index is 2.87. The lowest BCUT2D eigenvalue weighted by Crippen LogP contribution is -2.13. The molecule has 0 radical (unpaired) electrons. The number of ketones is 1. The normalized spacial score (nSPS) is 11.8. The zero-order valence-electron chi connectivity index (χ0n) is 8.94. The van der Waals surface area contributed by atoms with E-state index >= 15 is 0 Å².